The minimum atomic E-state index is -0.714. The quantitative estimate of drug-likeness (QED) is 0.843. The summed E-state index contributed by atoms with van der Waals surface area (Å²) in [6, 6.07) is 6.76. The summed E-state index contributed by atoms with van der Waals surface area (Å²) >= 11 is 0. The number of nitrogens with zero attached hydrogens (tertiary/aromatic N) is 3. The summed E-state index contributed by atoms with van der Waals surface area (Å²) in [6.07, 6.45) is 6.31. The van der Waals surface area contributed by atoms with E-state index in [1.807, 2.05) is 30.4 Å². The van der Waals surface area contributed by atoms with Gasteiger partial charge >= 0.3 is 0 Å². The fraction of sp³-hybridized carbons (Fsp3) is 0.524. The molecule has 138 valence electrons. The van der Waals surface area contributed by atoms with Crippen LogP contribution in [0.3, 0.4) is 0 Å². The molecule has 1 atom stereocenters. The van der Waals surface area contributed by atoms with E-state index < -0.39 is 5.41 Å². The largest absolute Gasteiger partial charge is 0.342 e. The van der Waals surface area contributed by atoms with Crippen LogP contribution in [0.15, 0.2) is 36.7 Å². The molecule has 0 spiro atoms. The lowest BCUT2D eigenvalue weighted by Crippen LogP contribution is -2.45. The molecular formula is C21H26FN3O. The minimum Gasteiger partial charge on any atom is -0.342 e. The maximum absolute atomic E-state index is 14.5. The Hall–Kier alpha value is -2.17. The average Bonchev–Trinajstić information content (AvgIpc) is 2.97. The van der Waals surface area contributed by atoms with E-state index in [4.69, 9.17) is 0 Å². The lowest BCUT2D eigenvalue weighted by atomic mass is 9.85. The van der Waals surface area contributed by atoms with E-state index in [9.17, 15) is 9.18 Å². The van der Waals surface area contributed by atoms with Crippen LogP contribution < -0.4 is 0 Å². The smallest absolute Gasteiger partial charge is 0.233 e. The molecule has 1 aromatic heterocycles. The fourth-order valence-electron chi connectivity index (χ4n) is 4.75. The molecule has 26 heavy (non-hydrogen) atoms. The van der Waals surface area contributed by atoms with Gasteiger partial charge < -0.3 is 9.47 Å². The van der Waals surface area contributed by atoms with Crippen LogP contribution >= 0.6 is 0 Å². The lowest BCUT2D eigenvalue weighted by Gasteiger charge is -2.35. The highest BCUT2D eigenvalue weighted by molar-refractivity contribution is 5.93. The van der Waals surface area contributed by atoms with Crippen LogP contribution in [-0.2, 0) is 17.3 Å². The lowest BCUT2D eigenvalue weighted by molar-refractivity contribution is -0.136. The Morgan fingerprint density at radius 2 is 1.88 bits per heavy atom. The summed E-state index contributed by atoms with van der Waals surface area (Å²) in [4.78, 5) is 19.9. The van der Waals surface area contributed by atoms with Crippen molar-refractivity contribution in [2.75, 3.05) is 13.1 Å². The average molecular weight is 355 g/mol. The number of rotatable bonds is 3. The normalized spacial score (nSPS) is 25.3. The molecule has 0 radical (unpaired) electrons. The third kappa shape index (κ3) is 2.48. The number of hydrogen-bond donors (Lipinski definition) is 0. The Kier molecular flexibility index (Phi) is 3.94. The third-order valence-corrected chi connectivity index (χ3v) is 6.44. The monoisotopic (exact) mass is 355 g/mol. The predicted octanol–water partition coefficient (Wildman–Crippen LogP) is 3.63. The summed E-state index contributed by atoms with van der Waals surface area (Å²) in [5.41, 5.74) is -0.363. The topological polar surface area (TPSA) is 38.1 Å². The van der Waals surface area contributed by atoms with Crippen LogP contribution in [0.4, 0.5) is 4.39 Å². The number of amides is 1. The molecule has 1 aromatic carbocycles. The fourth-order valence-corrected chi connectivity index (χ4v) is 4.75. The zero-order valence-corrected chi connectivity index (χ0v) is 15.7. The van der Waals surface area contributed by atoms with Crippen LogP contribution in [0.2, 0.25) is 0 Å². The minimum absolute atomic E-state index is 0.0888. The van der Waals surface area contributed by atoms with Crippen LogP contribution in [-0.4, -0.2) is 33.4 Å². The molecule has 2 aliphatic rings. The van der Waals surface area contributed by atoms with Gasteiger partial charge in [0.25, 0.3) is 0 Å². The molecule has 1 amide bonds. The van der Waals surface area contributed by atoms with Gasteiger partial charge in [0.1, 0.15) is 11.6 Å². The van der Waals surface area contributed by atoms with Crippen molar-refractivity contribution >= 4 is 5.91 Å². The van der Waals surface area contributed by atoms with Crippen LogP contribution in [0.25, 0.3) is 0 Å². The van der Waals surface area contributed by atoms with Gasteiger partial charge in [-0.3, -0.25) is 4.79 Å². The number of imidazole rings is 1. The number of likely N-dealkylation sites (tertiary alicyclic amines) is 1. The van der Waals surface area contributed by atoms with Gasteiger partial charge in [-0.25, -0.2) is 9.37 Å². The van der Waals surface area contributed by atoms with E-state index in [0.29, 0.717) is 31.0 Å². The molecule has 4 rings (SSSR count). The van der Waals surface area contributed by atoms with Gasteiger partial charge in [-0.15, -0.1) is 0 Å². The molecule has 1 aliphatic carbocycles. The molecular weight excluding hydrogens is 329 g/mol. The number of benzene rings is 1. The second-order valence-corrected chi connectivity index (χ2v) is 8.41. The number of carbonyl (C=O) groups excluding carboxylic acids is 1. The first kappa shape index (κ1) is 17.3. The molecule has 0 unspecified atom stereocenters. The molecule has 2 fully saturated rings. The van der Waals surface area contributed by atoms with E-state index in [1.54, 1.807) is 12.1 Å². The Labute approximate surface area is 154 Å². The summed E-state index contributed by atoms with van der Waals surface area (Å²) in [5.74, 6) is 1.29. The molecule has 0 bridgehead atoms. The summed E-state index contributed by atoms with van der Waals surface area (Å²) in [7, 11) is 2.01. The first-order chi connectivity index (χ1) is 12.4. The number of aryl methyl sites for hydroxylation is 1. The molecule has 5 heteroatoms. The Morgan fingerprint density at radius 3 is 2.42 bits per heavy atom. The molecule has 1 aliphatic heterocycles. The van der Waals surface area contributed by atoms with Crippen molar-refractivity contribution < 1.29 is 9.18 Å². The zero-order chi connectivity index (χ0) is 18.5. The van der Waals surface area contributed by atoms with Crippen LogP contribution in [0.1, 0.15) is 50.4 Å². The highest BCUT2D eigenvalue weighted by Crippen LogP contribution is 2.65. The second-order valence-electron chi connectivity index (χ2n) is 8.41. The maximum Gasteiger partial charge on any atom is 0.233 e. The molecule has 2 aromatic rings. The van der Waals surface area contributed by atoms with Crippen molar-refractivity contribution in [2.24, 2.45) is 12.5 Å². The molecule has 2 heterocycles. The zero-order valence-electron chi connectivity index (χ0n) is 15.7. The van der Waals surface area contributed by atoms with Crippen LogP contribution in [0.5, 0.6) is 0 Å². The Morgan fingerprint density at radius 1 is 1.23 bits per heavy atom. The first-order valence-electron chi connectivity index (χ1n) is 9.38. The Bertz CT molecular complexity index is 835. The number of hydrogen-bond acceptors (Lipinski definition) is 2. The molecule has 4 nitrogen and oxygen atoms in total. The van der Waals surface area contributed by atoms with Gasteiger partial charge in [0, 0.05) is 44.0 Å². The van der Waals surface area contributed by atoms with Crippen molar-refractivity contribution in [1.82, 2.24) is 14.5 Å². The van der Waals surface area contributed by atoms with E-state index in [0.717, 1.165) is 18.7 Å². The number of halogens is 1. The molecule has 0 N–H and O–H groups in total. The number of carbonyl (C=O) groups is 1. The highest BCUT2D eigenvalue weighted by Gasteiger charge is 2.68. The molecule has 1 saturated heterocycles. The predicted molar refractivity (Wildman–Crippen MR) is 98.2 cm³/mol. The van der Waals surface area contributed by atoms with Crippen molar-refractivity contribution in [2.45, 2.75) is 44.4 Å². The van der Waals surface area contributed by atoms with Gasteiger partial charge in [0.15, 0.2) is 0 Å². The van der Waals surface area contributed by atoms with Gasteiger partial charge in [-0.1, -0.05) is 32.0 Å². The van der Waals surface area contributed by atoms with E-state index in [1.165, 1.54) is 6.07 Å². The van der Waals surface area contributed by atoms with Crippen molar-refractivity contribution in [3.05, 3.63) is 53.9 Å². The van der Waals surface area contributed by atoms with E-state index in [2.05, 4.69) is 23.4 Å². The SMILES string of the molecule is Cn1ccnc1C1CCN(C(=O)[C@@]2(c3ccccc3F)CC2(C)C)CC1. The van der Waals surface area contributed by atoms with Gasteiger partial charge in [-0.05, 0) is 30.7 Å². The number of aromatic nitrogens is 2. The van der Waals surface area contributed by atoms with Crippen molar-refractivity contribution in [1.29, 1.82) is 0 Å². The van der Waals surface area contributed by atoms with Crippen molar-refractivity contribution in [3.63, 3.8) is 0 Å². The standard InChI is InChI=1S/C21H26FN3O/c1-20(2)14-21(20,16-6-4-5-7-17(16)22)19(26)25-11-8-15(9-12-25)18-23-10-13-24(18)3/h4-7,10,13,15H,8-9,11-12,14H2,1-3H3/t21-/m0/s1. The summed E-state index contributed by atoms with van der Waals surface area (Å²) < 4.78 is 16.6. The van der Waals surface area contributed by atoms with E-state index >= 15 is 0 Å². The maximum atomic E-state index is 14.5. The van der Waals surface area contributed by atoms with Gasteiger partial charge in [0.05, 0.1) is 5.41 Å². The second kappa shape index (κ2) is 5.93. The summed E-state index contributed by atoms with van der Waals surface area (Å²) in [5, 5.41) is 0. The third-order valence-electron chi connectivity index (χ3n) is 6.44. The van der Waals surface area contributed by atoms with E-state index in [-0.39, 0.29) is 17.1 Å². The molecule has 1 saturated carbocycles. The first-order valence-corrected chi connectivity index (χ1v) is 9.38. The van der Waals surface area contributed by atoms with Gasteiger partial charge in [-0.2, -0.15) is 0 Å². The van der Waals surface area contributed by atoms with Crippen LogP contribution in [0, 0.1) is 11.2 Å². The van der Waals surface area contributed by atoms with Crippen molar-refractivity contribution in [3.8, 4) is 0 Å². The van der Waals surface area contributed by atoms with Gasteiger partial charge in [0.2, 0.25) is 5.91 Å². The highest BCUT2D eigenvalue weighted by atomic mass is 19.1. The summed E-state index contributed by atoms with van der Waals surface area (Å²) in [6.45, 7) is 5.56. The number of piperidine rings is 1. The Balaban J connectivity index is 1.54.